The van der Waals surface area contributed by atoms with Gasteiger partial charge in [-0.1, -0.05) is 12.8 Å². The summed E-state index contributed by atoms with van der Waals surface area (Å²) in [5.41, 5.74) is 0.963. The lowest BCUT2D eigenvalue weighted by Crippen LogP contribution is -2.25. The van der Waals surface area contributed by atoms with Gasteiger partial charge in [0.05, 0.1) is 5.92 Å². The Morgan fingerprint density at radius 2 is 1.93 bits per heavy atom. The third kappa shape index (κ3) is 2.14. The van der Waals surface area contributed by atoms with Crippen molar-refractivity contribution in [1.82, 2.24) is 9.97 Å². The van der Waals surface area contributed by atoms with E-state index in [-0.39, 0.29) is 11.8 Å². The maximum absolute atomic E-state index is 11.1. The van der Waals surface area contributed by atoms with Crippen LogP contribution in [0.3, 0.4) is 0 Å². The van der Waals surface area contributed by atoms with Gasteiger partial charge in [-0.15, -0.1) is 0 Å². The van der Waals surface area contributed by atoms with Gasteiger partial charge >= 0.3 is 5.97 Å². The van der Waals surface area contributed by atoms with Crippen molar-refractivity contribution in [2.24, 2.45) is 5.92 Å². The first kappa shape index (κ1) is 10.1. The second-order valence-corrected chi connectivity index (χ2v) is 4.01. The Hall–Kier alpha value is -1.45. The first-order valence-electron chi connectivity index (χ1n) is 5.27. The third-order valence-corrected chi connectivity index (χ3v) is 3.09. The minimum absolute atomic E-state index is 0.0949. The minimum atomic E-state index is -0.691. The summed E-state index contributed by atoms with van der Waals surface area (Å²) in [5.74, 6) is -0.856. The van der Waals surface area contributed by atoms with E-state index in [4.69, 9.17) is 5.11 Å². The predicted octanol–water partition coefficient (Wildman–Crippen LogP) is 1.83. The molecule has 1 heterocycles. The van der Waals surface area contributed by atoms with Gasteiger partial charge in [0, 0.05) is 18.3 Å². The molecule has 1 aliphatic rings. The van der Waals surface area contributed by atoms with Gasteiger partial charge in [-0.3, -0.25) is 4.79 Å². The molecule has 4 heteroatoms. The Bertz CT molecular complexity index is 340. The fourth-order valence-corrected chi connectivity index (χ4v) is 2.33. The topological polar surface area (TPSA) is 63.1 Å². The smallest absolute Gasteiger partial charge is 0.307 e. The minimum Gasteiger partial charge on any atom is -0.481 e. The van der Waals surface area contributed by atoms with E-state index in [1.165, 1.54) is 6.33 Å². The molecule has 0 saturated heterocycles. The molecule has 1 aromatic heterocycles. The molecule has 0 bridgehead atoms. The van der Waals surface area contributed by atoms with Crippen LogP contribution in [0.15, 0.2) is 18.7 Å². The van der Waals surface area contributed by atoms with E-state index in [0.717, 1.165) is 31.2 Å². The number of carboxylic acids is 1. The van der Waals surface area contributed by atoms with Crippen molar-refractivity contribution >= 4 is 5.97 Å². The first-order chi connectivity index (χ1) is 7.29. The fraction of sp³-hybridized carbons (Fsp3) is 0.545. The van der Waals surface area contributed by atoms with E-state index >= 15 is 0 Å². The molecule has 1 N–H and O–H groups in total. The summed E-state index contributed by atoms with van der Waals surface area (Å²) >= 11 is 0. The number of nitrogens with zero attached hydrogens (tertiary/aromatic N) is 2. The van der Waals surface area contributed by atoms with Crippen molar-refractivity contribution in [3.63, 3.8) is 0 Å². The maximum Gasteiger partial charge on any atom is 0.307 e. The van der Waals surface area contributed by atoms with Gasteiger partial charge in [-0.2, -0.15) is 0 Å². The molecular weight excluding hydrogens is 192 g/mol. The molecule has 1 aromatic rings. The number of aliphatic carboxylic acids is 1. The number of rotatable bonds is 2. The average molecular weight is 206 g/mol. The maximum atomic E-state index is 11.1. The van der Waals surface area contributed by atoms with Gasteiger partial charge in [-0.05, 0) is 18.4 Å². The summed E-state index contributed by atoms with van der Waals surface area (Å²) in [6, 6.07) is 0. The molecule has 2 rings (SSSR count). The van der Waals surface area contributed by atoms with Crippen LogP contribution >= 0.6 is 0 Å². The normalized spacial score (nSPS) is 26.1. The summed E-state index contributed by atoms with van der Waals surface area (Å²) in [6.07, 6.45) is 8.77. The van der Waals surface area contributed by atoms with Crippen molar-refractivity contribution in [2.45, 2.75) is 31.6 Å². The zero-order chi connectivity index (χ0) is 10.7. The molecule has 0 aliphatic heterocycles. The summed E-state index contributed by atoms with van der Waals surface area (Å²) < 4.78 is 0. The first-order valence-corrected chi connectivity index (χ1v) is 5.27. The zero-order valence-electron chi connectivity index (χ0n) is 8.47. The van der Waals surface area contributed by atoms with E-state index in [1.54, 1.807) is 12.4 Å². The molecule has 0 radical (unpaired) electrons. The number of carboxylic acid groups (broad SMARTS) is 1. The van der Waals surface area contributed by atoms with Crippen molar-refractivity contribution in [2.75, 3.05) is 0 Å². The molecule has 2 unspecified atom stereocenters. The van der Waals surface area contributed by atoms with Gasteiger partial charge in [0.15, 0.2) is 0 Å². The standard InChI is InChI=1S/C11H14N2O2/c14-11(15)10-4-2-1-3-9(10)8-5-12-7-13-6-8/h5-7,9-10H,1-4H2,(H,14,15). The quantitative estimate of drug-likeness (QED) is 0.801. The number of carbonyl (C=O) groups is 1. The predicted molar refractivity (Wildman–Crippen MR) is 54.4 cm³/mol. The molecule has 1 aliphatic carbocycles. The van der Waals surface area contributed by atoms with Gasteiger partial charge in [-0.25, -0.2) is 9.97 Å². The highest BCUT2D eigenvalue weighted by atomic mass is 16.4. The number of hydrogen-bond donors (Lipinski definition) is 1. The molecule has 0 aromatic carbocycles. The lowest BCUT2D eigenvalue weighted by Gasteiger charge is -2.28. The van der Waals surface area contributed by atoms with E-state index in [9.17, 15) is 4.79 Å². The van der Waals surface area contributed by atoms with Crippen molar-refractivity contribution < 1.29 is 9.90 Å². The van der Waals surface area contributed by atoms with Crippen molar-refractivity contribution in [3.8, 4) is 0 Å². The van der Waals surface area contributed by atoms with Crippen LogP contribution < -0.4 is 0 Å². The Kier molecular flexibility index (Phi) is 2.94. The summed E-state index contributed by atoms with van der Waals surface area (Å²) in [6.45, 7) is 0. The van der Waals surface area contributed by atoms with Gasteiger partial charge in [0.1, 0.15) is 6.33 Å². The van der Waals surface area contributed by atoms with E-state index in [2.05, 4.69) is 9.97 Å². The van der Waals surface area contributed by atoms with Gasteiger partial charge in [0.25, 0.3) is 0 Å². The van der Waals surface area contributed by atoms with Crippen LogP contribution in [-0.4, -0.2) is 21.0 Å². The lowest BCUT2D eigenvalue weighted by atomic mass is 9.76. The summed E-state index contributed by atoms with van der Waals surface area (Å²) in [5, 5.41) is 9.13. The largest absolute Gasteiger partial charge is 0.481 e. The van der Waals surface area contributed by atoms with Crippen LogP contribution in [0.25, 0.3) is 0 Å². The van der Waals surface area contributed by atoms with Crippen molar-refractivity contribution in [1.29, 1.82) is 0 Å². The highest BCUT2D eigenvalue weighted by Gasteiger charge is 2.31. The van der Waals surface area contributed by atoms with Crippen LogP contribution in [0.4, 0.5) is 0 Å². The molecule has 2 atom stereocenters. The monoisotopic (exact) mass is 206 g/mol. The second-order valence-electron chi connectivity index (χ2n) is 4.01. The molecular formula is C11H14N2O2. The van der Waals surface area contributed by atoms with Gasteiger partial charge < -0.3 is 5.11 Å². The third-order valence-electron chi connectivity index (χ3n) is 3.09. The Morgan fingerprint density at radius 1 is 1.27 bits per heavy atom. The van der Waals surface area contributed by atoms with Crippen molar-refractivity contribution in [3.05, 3.63) is 24.3 Å². The number of aromatic nitrogens is 2. The molecule has 15 heavy (non-hydrogen) atoms. The molecule has 80 valence electrons. The summed E-state index contributed by atoms with van der Waals surface area (Å²) in [4.78, 5) is 19.0. The Morgan fingerprint density at radius 3 is 2.60 bits per heavy atom. The highest BCUT2D eigenvalue weighted by Crippen LogP contribution is 2.37. The van der Waals surface area contributed by atoms with Crippen LogP contribution in [-0.2, 0) is 4.79 Å². The SMILES string of the molecule is O=C(O)C1CCCCC1c1cncnc1. The highest BCUT2D eigenvalue weighted by molar-refractivity contribution is 5.71. The Balaban J connectivity index is 2.22. The average Bonchev–Trinajstić information content (AvgIpc) is 2.30. The van der Waals surface area contributed by atoms with Crippen LogP contribution in [0.5, 0.6) is 0 Å². The lowest BCUT2D eigenvalue weighted by molar-refractivity contribution is -0.143. The molecule has 1 fully saturated rings. The molecule has 0 amide bonds. The van der Waals surface area contributed by atoms with E-state index in [1.807, 2.05) is 0 Å². The fourth-order valence-electron chi connectivity index (χ4n) is 2.33. The van der Waals surface area contributed by atoms with E-state index < -0.39 is 5.97 Å². The molecule has 0 spiro atoms. The zero-order valence-corrected chi connectivity index (χ0v) is 8.47. The Labute approximate surface area is 88.4 Å². The second kappa shape index (κ2) is 4.38. The van der Waals surface area contributed by atoms with Crippen LogP contribution in [0.1, 0.15) is 37.2 Å². The van der Waals surface area contributed by atoms with E-state index in [0.29, 0.717) is 0 Å². The molecule has 4 nitrogen and oxygen atoms in total. The number of hydrogen-bond acceptors (Lipinski definition) is 3. The van der Waals surface area contributed by atoms with Crippen LogP contribution in [0.2, 0.25) is 0 Å². The molecule has 1 saturated carbocycles. The van der Waals surface area contributed by atoms with Crippen LogP contribution in [0, 0.1) is 5.92 Å². The van der Waals surface area contributed by atoms with Gasteiger partial charge in [0.2, 0.25) is 0 Å². The summed E-state index contributed by atoms with van der Waals surface area (Å²) in [7, 11) is 0.